The first-order chi connectivity index (χ1) is 13.2. The van der Waals surface area contributed by atoms with E-state index in [1.807, 2.05) is 13.8 Å². The molecule has 1 fully saturated rings. The van der Waals surface area contributed by atoms with E-state index in [4.69, 9.17) is 5.02 Å². The summed E-state index contributed by atoms with van der Waals surface area (Å²) >= 11 is 0. The smallest absolute Gasteiger partial charge is 0.320 e. The Balaban J connectivity index is 0.00000126. The number of nitrogens with one attached hydrogen (secondary N) is 1. The van der Waals surface area contributed by atoms with Crippen molar-refractivity contribution in [1.82, 2.24) is 10.2 Å². The van der Waals surface area contributed by atoms with Crippen LogP contribution in [0.5, 0.6) is 0 Å². The molecule has 0 saturated carbocycles. The standard InChI is InChI=1S/C19H28BN2O3.C2H6/c23-19(24)18(21-9-3-8-20-25)14-6-10-22(11-7-14)17-12-15-4-1-2-5-16(15)13-17;1-2/h1-2,4-5,14,17-18,21,25H,3,6-13H2,(H,23,24);1-2H3. The average molecular weight is 373 g/mol. The molecule has 1 atom stereocenters. The van der Waals surface area contributed by atoms with Crippen LogP contribution in [-0.2, 0) is 17.6 Å². The molecule has 0 aromatic heterocycles. The van der Waals surface area contributed by atoms with Crippen LogP contribution in [0, 0.1) is 5.92 Å². The molecule has 1 aromatic carbocycles. The molecule has 149 valence electrons. The number of carbonyl (C=O) groups is 1. The minimum absolute atomic E-state index is 0.190. The van der Waals surface area contributed by atoms with Crippen LogP contribution in [0.25, 0.3) is 0 Å². The molecule has 1 aliphatic carbocycles. The topological polar surface area (TPSA) is 72.8 Å². The van der Waals surface area contributed by atoms with Crippen LogP contribution in [0.15, 0.2) is 24.3 Å². The minimum atomic E-state index is -0.750. The highest BCUT2D eigenvalue weighted by Gasteiger charge is 2.34. The first-order valence-corrected chi connectivity index (χ1v) is 10.4. The molecule has 5 nitrogen and oxygen atoms in total. The second-order valence-electron chi connectivity index (χ2n) is 7.30. The lowest BCUT2D eigenvalue weighted by Crippen LogP contribution is -2.49. The molecular weight excluding hydrogens is 339 g/mol. The number of nitrogens with zero attached hydrogens (tertiary/aromatic N) is 1. The van der Waals surface area contributed by atoms with Gasteiger partial charge in [-0.15, -0.1) is 0 Å². The SMILES string of the molecule is CC.O=C(O)C(NCCC[B]O)C1CCN(C2Cc3ccccc3C2)CC1. The lowest BCUT2D eigenvalue weighted by Gasteiger charge is -2.38. The zero-order chi connectivity index (χ0) is 19.6. The Bertz CT molecular complexity index is 551. The number of carboxylic acids is 1. The van der Waals surface area contributed by atoms with E-state index < -0.39 is 12.0 Å². The number of piperidine rings is 1. The highest BCUT2D eigenvalue weighted by molar-refractivity contribution is 6.25. The Morgan fingerprint density at radius 3 is 2.33 bits per heavy atom. The van der Waals surface area contributed by atoms with Crippen LogP contribution in [-0.4, -0.2) is 60.2 Å². The third-order valence-electron chi connectivity index (χ3n) is 5.73. The van der Waals surface area contributed by atoms with Crippen molar-refractivity contribution in [1.29, 1.82) is 0 Å². The number of likely N-dealkylation sites (tertiary alicyclic amines) is 1. The summed E-state index contributed by atoms with van der Waals surface area (Å²) in [6, 6.07) is 8.80. The molecule has 1 radical (unpaired) electrons. The van der Waals surface area contributed by atoms with Crippen LogP contribution in [0.3, 0.4) is 0 Å². The van der Waals surface area contributed by atoms with Gasteiger partial charge < -0.3 is 15.4 Å². The fraction of sp³-hybridized carbons (Fsp3) is 0.667. The molecule has 1 heterocycles. The van der Waals surface area contributed by atoms with E-state index in [0.29, 0.717) is 18.9 Å². The van der Waals surface area contributed by atoms with Gasteiger partial charge in [0.05, 0.1) is 0 Å². The van der Waals surface area contributed by atoms with Crippen molar-refractivity contribution in [3.8, 4) is 0 Å². The lowest BCUT2D eigenvalue weighted by molar-refractivity contribution is -0.141. The molecule has 27 heavy (non-hydrogen) atoms. The number of rotatable bonds is 8. The number of hydrogen-bond acceptors (Lipinski definition) is 4. The van der Waals surface area contributed by atoms with Crippen molar-refractivity contribution < 1.29 is 14.9 Å². The number of hydrogen-bond donors (Lipinski definition) is 3. The first kappa shape index (κ1) is 21.9. The Labute approximate surface area is 164 Å². The zero-order valence-corrected chi connectivity index (χ0v) is 16.7. The molecule has 1 unspecified atom stereocenters. The summed E-state index contributed by atoms with van der Waals surface area (Å²) in [5.41, 5.74) is 2.95. The Morgan fingerprint density at radius 1 is 1.22 bits per heavy atom. The van der Waals surface area contributed by atoms with E-state index in [-0.39, 0.29) is 5.92 Å². The van der Waals surface area contributed by atoms with Gasteiger partial charge in [-0.2, -0.15) is 0 Å². The molecule has 2 aliphatic rings. The van der Waals surface area contributed by atoms with Crippen LogP contribution in [0.2, 0.25) is 6.32 Å². The summed E-state index contributed by atoms with van der Waals surface area (Å²) in [5, 5.41) is 21.4. The van der Waals surface area contributed by atoms with E-state index in [1.165, 1.54) is 11.1 Å². The number of fused-ring (bicyclic) bond motifs is 1. The number of aliphatic carboxylic acids is 1. The molecule has 1 aromatic rings. The fourth-order valence-electron chi connectivity index (χ4n) is 4.32. The lowest BCUT2D eigenvalue weighted by atomic mass is 9.88. The molecule has 0 spiro atoms. The number of benzene rings is 1. The van der Waals surface area contributed by atoms with E-state index >= 15 is 0 Å². The Morgan fingerprint density at radius 2 is 1.81 bits per heavy atom. The highest BCUT2D eigenvalue weighted by Crippen LogP contribution is 2.29. The van der Waals surface area contributed by atoms with Gasteiger partial charge in [0.1, 0.15) is 6.04 Å². The second-order valence-corrected chi connectivity index (χ2v) is 7.30. The number of carboxylic acid groups (broad SMARTS) is 1. The Hall–Kier alpha value is -1.37. The summed E-state index contributed by atoms with van der Waals surface area (Å²) in [6.45, 7) is 6.60. The van der Waals surface area contributed by atoms with Crippen LogP contribution >= 0.6 is 0 Å². The quantitative estimate of drug-likeness (QED) is 0.482. The maximum Gasteiger partial charge on any atom is 0.320 e. The van der Waals surface area contributed by atoms with Gasteiger partial charge in [0, 0.05) is 6.04 Å². The molecule has 1 aliphatic heterocycles. The van der Waals surface area contributed by atoms with Gasteiger partial charge in [-0.3, -0.25) is 9.69 Å². The molecule has 3 N–H and O–H groups in total. The van der Waals surface area contributed by atoms with Crippen molar-refractivity contribution in [2.75, 3.05) is 19.6 Å². The van der Waals surface area contributed by atoms with Crippen LogP contribution in [0.1, 0.15) is 44.2 Å². The summed E-state index contributed by atoms with van der Waals surface area (Å²) in [4.78, 5) is 14.2. The van der Waals surface area contributed by atoms with Crippen molar-refractivity contribution in [2.45, 2.75) is 64.4 Å². The molecule has 0 amide bonds. The summed E-state index contributed by atoms with van der Waals surface area (Å²) in [6.07, 6.45) is 5.48. The molecule has 0 bridgehead atoms. The fourth-order valence-corrected chi connectivity index (χ4v) is 4.32. The third kappa shape index (κ3) is 6.06. The molecule has 3 rings (SSSR count). The van der Waals surface area contributed by atoms with Gasteiger partial charge in [0.2, 0.25) is 0 Å². The average Bonchev–Trinajstić information content (AvgIpc) is 3.14. The van der Waals surface area contributed by atoms with E-state index in [0.717, 1.165) is 52.7 Å². The molecule has 1 saturated heterocycles. The van der Waals surface area contributed by atoms with E-state index in [1.54, 1.807) is 0 Å². The van der Waals surface area contributed by atoms with Crippen LogP contribution in [0.4, 0.5) is 0 Å². The van der Waals surface area contributed by atoms with E-state index in [2.05, 4.69) is 34.5 Å². The second kappa shape index (κ2) is 11.5. The Kier molecular flexibility index (Phi) is 9.32. The summed E-state index contributed by atoms with van der Waals surface area (Å²) < 4.78 is 0. The summed E-state index contributed by atoms with van der Waals surface area (Å²) in [7, 11) is 1.13. The van der Waals surface area contributed by atoms with Crippen molar-refractivity contribution in [2.24, 2.45) is 5.92 Å². The molecular formula is C21H34BN2O3. The van der Waals surface area contributed by atoms with Gasteiger partial charge in [0.15, 0.2) is 0 Å². The van der Waals surface area contributed by atoms with E-state index in [9.17, 15) is 9.90 Å². The predicted molar refractivity (Wildman–Crippen MR) is 110 cm³/mol. The largest absolute Gasteiger partial charge is 0.480 e. The maximum atomic E-state index is 11.6. The van der Waals surface area contributed by atoms with Crippen molar-refractivity contribution in [3.63, 3.8) is 0 Å². The predicted octanol–water partition coefficient (Wildman–Crippen LogP) is 2.35. The van der Waals surface area contributed by atoms with Gasteiger partial charge in [0.25, 0.3) is 7.48 Å². The van der Waals surface area contributed by atoms with Gasteiger partial charge >= 0.3 is 5.97 Å². The first-order valence-electron chi connectivity index (χ1n) is 10.4. The third-order valence-corrected chi connectivity index (χ3v) is 5.73. The van der Waals surface area contributed by atoms with Crippen LogP contribution < -0.4 is 5.32 Å². The highest BCUT2D eigenvalue weighted by atomic mass is 16.4. The normalized spacial score (nSPS) is 19.1. The van der Waals surface area contributed by atoms with Gasteiger partial charge in [-0.25, -0.2) is 0 Å². The zero-order valence-electron chi connectivity index (χ0n) is 16.7. The maximum absolute atomic E-state index is 11.6. The monoisotopic (exact) mass is 373 g/mol. The van der Waals surface area contributed by atoms with Crippen molar-refractivity contribution >= 4 is 13.5 Å². The van der Waals surface area contributed by atoms with Crippen molar-refractivity contribution in [3.05, 3.63) is 35.4 Å². The van der Waals surface area contributed by atoms with Gasteiger partial charge in [-0.05, 0) is 68.8 Å². The van der Waals surface area contributed by atoms with Gasteiger partial charge in [-0.1, -0.05) is 44.4 Å². The summed E-state index contributed by atoms with van der Waals surface area (Å²) in [5.74, 6) is -0.560. The minimum Gasteiger partial charge on any atom is -0.480 e. The molecule has 6 heteroatoms.